The van der Waals surface area contributed by atoms with Gasteiger partial charge in [-0.05, 0) is 56.7 Å². The molecule has 3 saturated heterocycles. The molecule has 0 amide bonds. The third kappa shape index (κ3) is 2.68. The molecule has 2 heteroatoms. The Morgan fingerprint density at radius 3 is 2.47 bits per heavy atom. The summed E-state index contributed by atoms with van der Waals surface area (Å²) in [5.41, 5.74) is 0. The number of nitrogens with zero attached hydrogens (tertiary/aromatic N) is 1. The first-order valence-electron chi connectivity index (χ1n) is 7.78. The van der Waals surface area contributed by atoms with Gasteiger partial charge in [-0.1, -0.05) is 26.2 Å². The van der Waals surface area contributed by atoms with E-state index in [4.69, 9.17) is 0 Å². The summed E-state index contributed by atoms with van der Waals surface area (Å²) in [6.07, 6.45) is 8.76. The molecule has 1 N–H and O–H groups in total. The van der Waals surface area contributed by atoms with Crippen molar-refractivity contribution in [2.45, 2.75) is 51.5 Å². The molecule has 3 atom stereocenters. The highest BCUT2D eigenvalue weighted by atomic mass is 15.2. The topological polar surface area (TPSA) is 15.3 Å². The summed E-state index contributed by atoms with van der Waals surface area (Å²) in [6, 6.07) is 0.812. The second kappa shape index (κ2) is 5.27. The molecule has 17 heavy (non-hydrogen) atoms. The Balaban J connectivity index is 1.47. The third-order valence-corrected chi connectivity index (χ3v) is 5.59. The minimum absolute atomic E-state index is 0.812. The second-order valence-corrected chi connectivity index (χ2v) is 6.67. The molecule has 1 aliphatic carbocycles. The Kier molecular flexibility index (Phi) is 3.72. The van der Waals surface area contributed by atoms with Gasteiger partial charge in [-0.3, -0.25) is 0 Å². The molecule has 0 radical (unpaired) electrons. The van der Waals surface area contributed by atoms with Crippen LogP contribution in [0, 0.1) is 17.8 Å². The molecular formula is C15H28N2. The van der Waals surface area contributed by atoms with Crippen molar-refractivity contribution in [1.82, 2.24) is 10.2 Å². The zero-order valence-corrected chi connectivity index (χ0v) is 11.3. The van der Waals surface area contributed by atoms with Crippen LogP contribution in [0.2, 0.25) is 0 Å². The fourth-order valence-electron chi connectivity index (χ4n) is 4.20. The molecule has 0 aromatic rings. The van der Waals surface area contributed by atoms with Crippen molar-refractivity contribution >= 4 is 0 Å². The van der Waals surface area contributed by atoms with Gasteiger partial charge in [0.2, 0.25) is 0 Å². The van der Waals surface area contributed by atoms with Crippen LogP contribution in [0.15, 0.2) is 0 Å². The van der Waals surface area contributed by atoms with Gasteiger partial charge in [0.15, 0.2) is 0 Å². The number of nitrogens with one attached hydrogen (secondary N) is 1. The van der Waals surface area contributed by atoms with Crippen LogP contribution in [0.1, 0.15) is 45.4 Å². The third-order valence-electron chi connectivity index (χ3n) is 5.59. The lowest BCUT2D eigenvalue weighted by Gasteiger charge is -2.45. The maximum atomic E-state index is 3.91. The molecule has 0 aromatic carbocycles. The van der Waals surface area contributed by atoms with Crippen LogP contribution in [0.3, 0.4) is 0 Å². The van der Waals surface area contributed by atoms with Crippen molar-refractivity contribution in [3.8, 4) is 0 Å². The van der Waals surface area contributed by atoms with Crippen molar-refractivity contribution in [3.63, 3.8) is 0 Å². The second-order valence-electron chi connectivity index (χ2n) is 6.67. The SMILES string of the molecule is CC1CCCCC1CNC1CN2CCC1CC2. The van der Waals surface area contributed by atoms with E-state index in [-0.39, 0.29) is 0 Å². The lowest BCUT2D eigenvalue weighted by Crippen LogP contribution is -2.56. The molecule has 0 spiro atoms. The summed E-state index contributed by atoms with van der Waals surface area (Å²) < 4.78 is 0. The van der Waals surface area contributed by atoms with Crippen molar-refractivity contribution in [2.24, 2.45) is 17.8 Å². The van der Waals surface area contributed by atoms with Crippen LogP contribution >= 0.6 is 0 Å². The number of hydrogen-bond acceptors (Lipinski definition) is 2. The van der Waals surface area contributed by atoms with E-state index in [1.54, 1.807) is 0 Å². The highest BCUT2D eigenvalue weighted by molar-refractivity contribution is 4.91. The largest absolute Gasteiger partial charge is 0.312 e. The number of piperidine rings is 3. The van der Waals surface area contributed by atoms with Crippen molar-refractivity contribution in [2.75, 3.05) is 26.2 Å². The molecule has 4 aliphatic rings. The van der Waals surface area contributed by atoms with Crippen LogP contribution in [-0.2, 0) is 0 Å². The van der Waals surface area contributed by atoms with E-state index in [1.165, 1.54) is 64.7 Å². The minimum Gasteiger partial charge on any atom is -0.312 e. The van der Waals surface area contributed by atoms with Crippen molar-refractivity contribution in [3.05, 3.63) is 0 Å². The zero-order valence-electron chi connectivity index (χ0n) is 11.3. The number of fused-ring (bicyclic) bond motifs is 3. The summed E-state index contributed by atoms with van der Waals surface area (Å²) in [7, 11) is 0. The Morgan fingerprint density at radius 1 is 1.06 bits per heavy atom. The molecule has 1 saturated carbocycles. The van der Waals surface area contributed by atoms with Crippen LogP contribution in [0.25, 0.3) is 0 Å². The maximum absolute atomic E-state index is 3.91. The average molecular weight is 236 g/mol. The standard InChI is InChI=1S/C15H28N2/c1-12-4-2-3-5-14(12)10-16-15-11-17-8-6-13(15)7-9-17/h12-16H,2-11H2,1H3. The van der Waals surface area contributed by atoms with Crippen LogP contribution in [0.5, 0.6) is 0 Å². The summed E-state index contributed by atoms with van der Waals surface area (Å²) in [4.78, 5) is 2.65. The van der Waals surface area contributed by atoms with E-state index in [0.717, 1.165) is 23.8 Å². The first kappa shape index (κ1) is 12.0. The van der Waals surface area contributed by atoms with Gasteiger partial charge >= 0.3 is 0 Å². The lowest BCUT2D eigenvalue weighted by atomic mass is 9.79. The van der Waals surface area contributed by atoms with E-state index in [0.29, 0.717) is 0 Å². The molecule has 3 aliphatic heterocycles. The molecule has 98 valence electrons. The average Bonchev–Trinajstić information content (AvgIpc) is 2.39. The van der Waals surface area contributed by atoms with E-state index in [2.05, 4.69) is 17.1 Å². The lowest BCUT2D eigenvalue weighted by molar-refractivity contribution is 0.0677. The Bertz CT molecular complexity index is 245. The summed E-state index contributed by atoms with van der Waals surface area (Å²) in [6.45, 7) is 7.80. The van der Waals surface area contributed by atoms with Gasteiger partial charge in [0.05, 0.1) is 0 Å². The minimum atomic E-state index is 0.812. The van der Waals surface area contributed by atoms with Crippen LogP contribution in [0.4, 0.5) is 0 Å². The molecule has 2 bridgehead atoms. The first-order chi connectivity index (χ1) is 8.33. The molecule has 3 unspecified atom stereocenters. The molecular weight excluding hydrogens is 208 g/mol. The number of hydrogen-bond donors (Lipinski definition) is 1. The molecule has 4 fully saturated rings. The Hall–Kier alpha value is -0.0800. The van der Waals surface area contributed by atoms with Gasteiger partial charge in [0.1, 0.15) is 0 Å². The van der Waals surface area contributed by atoms with Gasteiger partial charge in [0, 0.05) is 12.6 Å². The Labute approximate surface area is 106 Å². The highest BCUT2D eigenvalue weighted by Gasteiger charge is 2.34. The fraction of sp³-hybridized carbons (Fsp3) is 1.00. The highest BCUT2D eigenvalue weighted by Crippen LogP contribution is 2.31. The van der Waals surface area contributed by atoms with Gasteiger partial charge in [-0.2, -0.15) is 0 Å². The molecule has 2 nitrogen and oxygen atoms in total. The van der Waals surface area contributed by atoms with Gasteiger partial charge in [0.25, 0.3) is 0 Å². The van der Waals surface area contributed by atoms with Gasteiger partial charge in [-0.15, -0.1) is 0 Å². The summed E-state index contributed by atoms with van der Waals surface area (Å²) >= 11 is 0. The Morgan fingerprint density at radius 2 is 1.82 bits per heavy atom. The van der Waals surface area contributed by atoms with Crippen molar-refractivity contribution < 1.29 is 0 Å². The summed E-state index contributed by atoms with van der Waals surface area (Å²) in [5, 5.41) is 3.91. The van der Waals surface area contributed by atoms with Gasteiger partial charge < -0.3 is 10.2 Å². The van der Waals surface area contributed by atoms with Crippen LogP contribution in [-0.4, -0.2) is 37.1 Å². The van der Waals surface area contributed by atoms with E-state index >= 15 is 0 Å². The van der Waals surface area contributed by atoms with Gasteiger partial charge in [-0.25, -0.2) is 0 Å². The molecule has 3 heterocycles. The monoisotopic (exact) mass is 236 g/mol. The fourth-order valence-corrected chi connectivity index (χ4v) is 4.20. The molecule has 0 aromatic heterocycles. The zero-order chi connectivity index (χ0) is 11.7. The van der Waals surface area contributed by atoms with E-state index in [1.807, 2.05) is 0 Å². The maximum Gasteiger partial charge on any atom is 0.0224 e. The summed E-state index contributed by atoms with van der Waals surface area (Å²) in [5.74, 6) is 2.90. The normalized spacial score (nSPS) is 46.1. The predicted molar refractivity (Wildman–Crippen MR) is 72.1 cm³/mol. The quantitative estimate of drug-likeness (QED) is 0.810. The van der Waals surface area contributed by atoms with E-state index < -0.39 is 0 Å². The van der Waals surface area contributed by atoms with E-state index in [9.17, 15) is 0 Å². The first-order valence-corrected chi connectivity index (χ1v) is 7.78. The van der Waals surface area contributed by atoms with Crippen LogP contribution < -0.4 is 5.32 Å². The molecule has 4 rings (SSSR count). The van der Waals surface area contributed by atoms with Crippen molar-refractivity contribution in [1.29, 1.82) is 0 Å². The predicted octanol–water partition coefficient (Wildman–Crippen LogP) is 2.50. The number of rotatable bonds is 3. The smallest absolute Gasteiger partial charge is 0.0224 e.